The third kappa shape index (κ3) is 7.02. The quantitative estimate of drug-likeness (QED) is 0.738. The van der Waals surface area contributed by atoms with E-state index in [2.05, 4.69) is 22.4 Å². The summed E-state index contributed by atoms with van der Waals surface area (Å²) < 4.78 is 5.93. The van der Waals surface area contributed by atoms with Gasteiger partial charge in [0.2, 0.25) is 5.91 Å². The van der Waals surface area contributed by atoms with Crippen LogP contribution in [0.2, 0.25) is 0 Å². The predicted octanol–water partition coefficient (Wildman–Crippen LogP) is 4.06. The average molecular weight is 418 g/mol. The summed E-state index contributed by atoms with van der Waals surface area (Å²) in [6, 6.07) is 12.3. The standard InChI is InChI=1S/C23H31N3O2.ClH/c1-18-8-9-19(2)22(16-18)28-15-11-23(27)26(17-20-6-3-4-13-25-20)21-7-5-12-24-14-10-21;/h3-4,6,8-9,13,16,21,24H,5,7,10-12,14-15,17H2,1-2H3;1H. The second-order valence-corrected chi connectivity index (χ2v) is 7.54. The first-order valence-corrected chi connectivity index (χ1v) is 10.2. The Morgan fingerprint density at radius 3 is 2.86 bits per heavy atom. The molecule has 1 fully saturated rings. The molecule has 1 unspecified atom stereocenters. The number of ether oxygens (including phenoxy) is 1. The summed E-state index contributed by atoms with van der Waals surface area (Å²) >= 11 is 0. The fourth-order valence-corrected chi connectivity index (χ4v) is 3.65. The van der Waals surface area contributed by atoms with Crippen LogP contribution < -0.4 is 10.1 Å². The van der Waals surface area contributed by atoms with Gasteiger partial charge in [-0.25, -0.2) is 0 Å². The Morgan fingerprint density at radius 2 is 2.07 bits per heavy atom. The van der Waals surface area contributed by atoms with E-state index >= 15 is 0 Å². The van der Waals surface area contributed by atoms with E-state index in [4.69, 9.17) is 4.74 Å². The van der Waals surface area contributed by atoms with Crippen LogP contribution >= 0.6 is 12.4 Å². The van der Waals surface area contributed by atoms with Crippen LogP contribution in [0.4, 0.5) is 0 Å². The molecule has 1 aromatic carbocycles. The number of pyridine rings is 1. The highest BCUT2D eigenvalue weighted by atomic mass is 35.5. The first kappa shape index (κ1) is 23.2. The van der Waals surface area contributed by atoms with Crippen LogP contribution in [0.5, 0.6) is 5.75 Å². The van der Waals surface area contributed by atoms with E-state index in [0.29, 0.717) is 19.6 Å². The first-order chi connectivity index (χ1) is 13.6. The number of halogens is 1. The van der Waals surface area contributed by atoms with Crippen LogP contribution in [0.25, 0.3) is 0 Å². The van der Waals surface area contributed by atoms with Crippen LogP contribution in [-0.4, -0.2) is 41.5 Å². The molecule has 1 aliphatic heterocycles. The van der Waals surface area contributed by atoms with Crippen molar-refractivity contribution in [3.63, 3.8) is 0 Å². The van der Waals surface area contributed by atoms with E-state index in [9.17, 15) is 4.79 Å². The van der Waals surface area contributed by atoms with Crippen LogP contribution in [0.3, 0.4) is 0 Å². The third-order valence-corrected chi connectivity index (χ3v) is 5.28. The summed E-state index contributed by atoms with van der Waals surface area (Å²) in [5, 5.41) is 3.43. The largest absolute Gasteiger partial charge is 0.493 e. The monoisotopic (exact) mass is 417 g/mol. The van der Waals surface area contributed by atoms with Gasteiger partial charge in [0.1, 0.15) is 5.75 Å². The van der Waals surface area contributed by atoms with Gasteiger partial charge in [-0.2, -0.15) is 0 Å². The molecule has 1 N–H and O–H groups in total. The van der Waals surface area contributed by atoms with E-state index in [1.807, 2.05) is 43.0 Å². The molecular formula is C23H32ClN3O2. The van der Waals surface area contributed by atoms with Gasteiger partial charge in [-0.15, -0.1) is 12.4 Å². The van der Waals surface area contributed by atoms with Crippen LogP contribution in [0.1, 0.15) is 42.5 Å². The molecule has 29 heavy (non-hydrogen) atoms. The van der Waals surface area contributed by atoms with Crippen molar-refractivity contribution >= 4 is 18.3 Å². The van der Waals surface area contributed by atoms with Crippen molar-refractivity contribution in [3.8, 4) is 5.75 Å². The second kappa shape index (κ2) is 11.8. The predicted molar refractivity (Wildman–Crippen MR) is 119 cm³/mol. The van der Waals surface area contributed by atoms with Gasteiger partial charge < -0.3 is 15.0 Å². The van der Waals surface area contributed by atoms with Crippen molar-refractivity contribution < 1.29 is 9.53 Å². The van der Waals surface area contributed by atoms with Crippen molar-refractivity contribution in [2.75, 3.05) is 19.7 Å². The Labute approximate surface area is 180 Å². The van der Waals surface area contributed by atoms with Gasteiger partial charge in [0, 0.05) is 12.2 Å². The normalized spacial score (nSPS) is 16.4. The lowest BCUT2D eigenvalue weighted by atomic mass is 10.1. The number of carbonyl (C=O) groups excluding carboxylic acids is 1. The Kier molecular flexibility index (Phi) is 9.42. The summed E-state index contributed by atoms with van der Waals surface area (Å²) in [4.78, 5) is 19.5. The van der Waals surface area contributed by atoms with Gasteiger partial charge in [-0.1, -0.05) is 18.2 Å². The van der Waals surface area contributed by atoms with Gasteiger partial charge in [0.05, 0.1) is 25.3 Å². The lowest BCUT2D eigenvalue weighted by molar-refractivity contribution is -0.135. The molecule has 1 saturated heterocycles. The summed E-state index contributed by atoms with van der Waals surface area (Å²) in [6.07, 6.45) is 5.27. The van der Waals surface area contributed by atoms with Crippen molar-refractivity contribution in [2.24, 2.45) is 0 Å². The first-order valence-electron chi connectivity index (χ1n) is 10.2. The highest BCUT2D eigenvalue weighted by molar-refractivity contribution is 5.85. The van der Waals surface area contributed by atoms with Gasteiger partial charge in [0.25, 0.3) is 0 Å². The van der Waals surface area contributed by atoms with Crippen molar-refractivity contribution in [3.05, 3.63) is 59.4 Å². The molecule has 158 valence electrons. The minimum atomic E-state index is 0. The molecule has 0 radical (unpaired) electrons. The molecule has 3 rings (SSSR count). The van der Waals surface area contributed by atoms with Crippen molar-refractivity contribution in [1.29, 1.82) is 0 Å². The van der Waals surface area contributed by atoms with E-state index in [1.54, 1.807) is 6.20 Å². The number of carbonyl (C=O) groups is 1. The van der Waals surface area contributed by atoms with Gasteiger partial charge in [-0.05, 0) is 75.5 Å². The molecule has 1 aromatic heterocycles. The Balaban J connectivity index is 0.00000300. The molecule has 2 heterocycles. The number of amides is 1. The Morgan fingerprint density at radius 1 is 1.21 bits per heavy atom. The Bertz CT molecular complexity index is 762. The highest BCUT2D eigenvalue weighted by Gasteiger charge is 2.25. The fraction of sp³-hybridized carbons (Fsp3) is 0.478. The fourth-order valence-electron chi connectivity index (χ4n) is 3.65. The van der Waals surface area contributed by atoms with Crippen LogP contribution in [-0.2, 0) is 11.3 Å². The number of benzene rings is 1. The van der Waals surface area contributed by atoms with Crippen molar-refractivity contribution in [1.82, 2.24) is 15.2 Å². The van der Waals surface area contributed by atoms with Crippen molar-refractivity contribution in [2.45, 2.75) is 52.1 Å². The summed E-state index contributed by atoms with van der Waals surface area (Å²) in [5.74, 6) is 1.01. The number of hydrogen-bond donors (Lipinski definition) is 1. The lowest BCUT2D eigenvalue weighted by Gasteiger charge is -2.31. The smallest absolute Gasteiger partial charge is 0.226 e. The molecule has 2 aromatic rings. The lowest BCUT2D eigenvalue weighted by Crippen LogP contribution is -2.41. The molecule has 5 nitrogen and oxygen atoms in total. The average Bonchev–Trinajstić information content (AvgIpc) is 2.99. The maximum Gasteiger partial charge on any atom is 0.226 e. The zero-order valence-electron chi connectivity index (χ0n) is 17.4. The second-order valence-electron chi connectivity index (χ2n) is 7.54. The van der Waals surface area contributed by atoms with E-state index in [-0.39, 0.29) is 24.4 Å². The number of aryl methyl sites for hydroxylation is 2. The maximum atomic E-state index is 13.1. The van der Waals surface area contributed by atoms with Gasteiger partial charge in [-0.3, -0.25) is 9.78 Å². The zero-order valence-corrected chi connectivity index (χ0v) is 18.2. The maximum absolute atomic E-state index is 13.1. The summed E-state index contributed by atoms with van der Waals surface area (Å²) in [6.45, 7) is 7.02. The minimum Gasteiger partial charge on any atom is -0.493 e. The van der Waals surface area contributed by atoms with E-state index < -0.39 is 0 Å². The molecule has 0 spiro atoms. The molecule has 6 heteroatoms. The zero-order chi connectivity index (χ0) is 19.8. The number of hydrogen-bond acceptors (Lipinski definition) is 4. The molecule has 0 bridgehead atoms. The molecular weight excluding hydrogens is 386 g/mol. The summed E-state index contributed by atoms with van der Waals surface area (Å²) in [7, 11) is 0. The number of rotatable bonds is 7. The minimum absolute atomic E-state index is 0. The third-order valence-electron chi connectivity index (χ3n) is 5.28. The SMILES string of the molecule is Cc1ccc(C)c(OCCC(=O)N(Cc2ccccn2)C2CCCNCC2)c1.Cl. The van der Waals surface area contributed by atoms with E-state index in [0.717, 1.165) is 54.9 Å². The molecule has 1 atom stereocenters. The summed E-state index contributed by atoms with van der Waals surface area (Å²) in [5.41, 5.74) is 3.19. The van der Waals surface area contributed by atoms with E-state index in [1.165, 1.54) is 0 Å². The molecule has 1 aliphatic rings. The molecule has 0 aliphatic carbocycles. The molecule has 0 saturated carbocycles. The Hall–Kier alpha value is -2.11. The number of nitrogens with zero attached hydrogens (tertiary/aromatic N) is 2. The number of nitrogens with one attached hydrogen (secondary N) is 1. The topological polar surface area (TPSA) is 54.5 Å². The molecule has 1 amide bonds. The van der Waals surface area contributed by atoms with Crippen LogP contribution in [0.15, 0.2) is 42.6 Å². The number of aromatic nitrogens is 1. The highest BCUT2D eigenvalue weighted by Crippen LogP contribution is 2.21. The van der Waals surface area contributed by atoms with Gasteiger partial charge in [0.15, 0.2) is 0 Å². The van der Waals surface area contributed by atoms with Gasteiger partial charge >= 0.3 is 0 Å². The van der Waals surface area contributed by atoms with Crippen LogP contribution in [0, 0.1) is 13.8 Å².